The van der Waals surface area contributed by atoms with E-state index in [-0.39, 0.29) is 17.5 Å². The quantitative estimate of drug-likeness (QED) is 0.414. The molecule has 0 unspecified atom stereocenters. The average molecular weight is 239 g/mol. The van der Waals surface area contributed by atoms with E-state index in [0.717, 1.165) is 0 Å². The van der Waals surface area contributed by atoms with E-state index in [1.165, 1.54) is 0 Å². The number of rotatable bonds is 4. The number of phenolic OH excluding ortho intramolecular Hbond substituents is 1. The number of hydrogen-bond donors (Lipinski definition) is 3. The summed E-state index contributed by atoms with van der Waals surface area (Å²) >= 11 is 4.59. The molecule has 5 nitrogen and oxygen atoms in total. The van der Waals surface area contributed by atoms with Gasteiger partial charge in [-0.1, -0.05) is 12.1 Å². The average Bonchev–Trinajstić information content (AvgIpc) is 2.25. The minimum absolute atomic E-state index is 0.0950. The van der Waals surface area contributed by atoms with Crippen molar-refractivity contribution in [3.8, 4) is 11.5 Å². The topological polar surface area (TPSA) is 79.9 Å². The van der Waals surface area contributed by atoms with Gasteiger partial charge >= 0.3 is 0 Å². The molecule has 0 amide bonds. The summed E-state index contributed by atoms with van der Waals surface area (Å²) in [6, 6.07) is 6.71. The van der Waals surface area contributed by atoms with Crippen molar-refractivity contribution < 1.29 is 9.84 Å². The molecular weight excluding hydrogens is 226 g/mol. The zero-order valence-electron chi connectivity index (χ0n) is 8.80. The molecular formula is C10H13N3O2S. The Morgan fingerprint density at radius 2 is 2.25 bits per heavy atom. The summed E-state index contributed by atoms with van der Waals surface area (Å²) < 4.78 is 5.33. The van der Waals surface area contributed by atoms with E-state index in [1.54, 1.807) is 31.2 Å². The summed E-state index contributed by atoms with van der Waals surface area (Å²) in [5.41, 5.74) is 8.32. The number of hydrazone groups is 1. The monoisotopic (exact) mass is 239 g/mol. The molecule has 6 heteroatoms. The number of aromatic hydroxyl groups is 1. The van der Waals surface area contributed by atoms with Crippen LogP contribution in [-0.4, -0.2) is 22.5 Å². The van der Waals surface area contributed by atoms with Gasteiger partial charge in [-0.25, -0.2) is 0 Å². The first-order valence-electron chi connectivity index (χ1n) is 4.59. The third-order valence-corrected chi connectivity index (χ3v) is 1.75. The molecule has 0 radical (unpaired) electrons. The Morgan fingerprint density at radius 1 is 1.56 bits per heavy atom. The van der Waals surface area contributed by atoms with Crippen LogP contribution in [0.4, 0.5) is 0 Å². The SMILES string of the molecule is C/C(COc1ccccc1O)=N\NC(N)=S. The highest BCUT2D eigenvalue weighted by Crippen LogP contribution is 2.23. The van der Waals surface area contributed by atoms with Crippen molar-refractivity contribution in [1.29, 1.82) is 0 Å². The molecule has 0 fully saturated rings. The fourth-order valence-corrected chi connectivity index (χ4v) is 0.990. The number of nitrogens with one attached hydrogen (secondary N) is 1. The van der Waals surface area contributed by atoms with Gasteiger partial charge in [-0.3, -0.25) is 5.43 Å². The minimum Gasteiger partial charge on any atom is -0.504 e. The normalized spacial score (nSPS) is 10.9. The van der Waals surface area contributed by atoms with Crippen LogP contribution in [0.25, 0.3) is 0 Å². The zero-order valence-corrected chi connectivity index (χ0v) is 9.62. The molecule has 16 heavy (non-hydrogen) atoms. The highest BCUT2D eigenvalue weighted by Gasteiger charge is 2.00. The number of nitrogens with two attached hydrogens (primary N) is 1. The van der Waals surface area contributed by atoms with Crippen molar-refractivity contribution in [2.24, 2.45) is 10.8 Å². The number of nitrogens with zero attached hydrogens (tertiary/aromatic N) is 1. The molecule has 0 aliphatic heterocycles. The third-order valence-electron chi connectivity index (χ3n) is 1.66. The summed E-state index contributed by atoms with van der Waals surface area (Å²) in [4.78, 5) is 0. The number of para-hydroxylation sites is 2. The van der Waals surface area contributed by atoms with Crippen LogP contribution in [0.1, 0.15) is 6.92 Å². The number of thiocarbonyl (C=S) groups is 1. The van der Waals surface area contributed by atoms with Gasteiger partial charge in [0.05, 0.1) is 5.71 Å². The Kier molecular flexibility index (Phi) is 4.53. The molecule has 86 valence electrons. The predicted octanol–water partition coefficient (Wildman–Crippen LogP) is 0.980. The predicted molar refractivity (Wildman–Crippen MR) is 66.6 cm³/mol. The summed E-state index contributed by atoms with van der Waals surface area (Å²) in [6.07, 6.45) is 0. The summed E-state index contributed by atoms with van der Waals surface area (Å²) in [7, 11) is 0. The Bertz CT molecular complexity index is 407. The van der Waals surface area contributed by atoms with Crippen LogP contribution < -0.4 is 15.9 Å². The second-order valence-electron chi connectivity index (χ2n) is 3.08. The molecule has 0 aliphatic rings. The molecule has 0 aromatic heterocycles. The Labute approximate surface area is 98.9 Å². The van der Waals surface area contributed by atoms with Crippen molar-refractivity contribution in [3.63, 3.8) is 0 Å². The van der Waals surface area contributed by atoms with Crippen molar-refractivity contribution in [3.05, 3.63) is 24.3 Å². The molecule has 0 aliphatic carbocycles. The first kappa shape index (κ1) is 12.3. The number of hydrogen-bond acceptors (Lipinski definition) is 4. The van der Waals surface area contributed by atoms with E-state index in [2.05, 4.69) is 22.7 Å². The van der Waals surface area contributed by atoms with Crippen LogP contribution in [0.5, 0.6) is 11.5 Å². The van der Waals surface area contributed by atoms with Gasteiger partial charge in [-0.05, 0) is 31.3 Å². The van der Waals surface area contributed by atoms with Crippen molar-refractivity contribution >= 4 is 23.0 Å². The molecule has 4 N–H and O–H groups in total. The molecule has 0 spiro atoms. The van der Waals surface area contributed by atoms with Gasteiger partial charge in [0.2, 0.25) is 0 Å². The number of benzene rings is 1. The fraction of sp³-hybridized carbons (Fsp3) is 0.200. The molecule has 0 heterocycles. The summed E-state index contributed by atoms with van der Waals surface area (Å²) in [5, 5.41) is 13.4. The van der Waals surface area contributed by atoms with E-state index >= 15 is 0 Å². The van der Waals surface area contributed by atoms with Gasteiger partial charge in [0.1, 0.15) is 6.61 Å². The standard InChI is InChI=1S/C10H13N3O2S/c1-7(12-13-10(11)16)6-15-9-5-3-2-4-8(9)14/h2-5,14H,6H2,1H3,(H3,11,13,16)/b12-7+. The van der Waals surface area contributed by atoms with Crippen LogP contribution in [0, 0.1) is 0 Å². The molecule has 1 rings (SSSR count). The van der Waals surface area contributed by atoms with Crippen molar-refractivity contribution in [1.82, 2.24) is 5.43 Å². The lowest BCUT2D eigenvalue weighted by molar-refractivity contribution is 0.346. The zero-order chi connectivity index (χ0) is 12.0. The maximum absolute atomic E-state index is 9.42. The largest absolute Gasteiger partial charge is 0.504 e. The van der Waals surface area contributed by atoms with Crippen LogP contribution in [0.3, 0.4) is 0 Å². The Hall–Kier alpha value is -1.82. The molecule has 0 atom stereocenters. The van der Waals surface area contributed by atoms with E-state index in [4.69, 9.17) is 10.5 Å². The molecule has 0 saturated heterocycles. The summed E-state index contributed by atoms with van der Waals surface area (Å²) in [5.74, 6) is 0.505. The molecule has 1 aromatic carbocycles. The first-order chi connectivity index (χ1) is 7.59. The van der Waals surface area contributed by atoms with E-state index < -0.39 is 0 Å². The van der Waals surface area contributed by atoms with E-state index in [0.29, 0.717) is 11.5 Å². The van der Waals surface area contributed by atoms with Crippen LogP contribution in [0.2, 0.25) is 0 Å². The van der Waals surface area contributed by atoms with Gasteiger partial charge in [-0.2, -0.15) is 5.10 Å². The van der Waals surface area contributed by atoms with E-state index in [1.807, 2.05) is 0 Å². The second kappa shape index (κ2) is 5.92. The lowest BCUT2D eigenvalue weighted by Crippen LogP contribution is -2.26. The maximum atomic E-state index is 9.42. The highest BCUT2D eigenvalue weighted by atomic mass is 32.1. The van der Waals surface area contributed by atoms with Gasteiger partial charge in [0.15, 0.2) is 16.6 Å². The smallest absolute Gasteiger partial charge is 0.184 e. The van der Waals surface area contributed by atoms with Gasteiger partial charge in [0, 0.05) is 0 Å². The van der Waals surface area contributed by atoms with Crippen molar-refractivity contribution in [2.75, 3.05) is 6.61 Å². The minimum atomic E-state index is 0.0950. The number of ether oxygens (including phenoxy) is 1. The molecule has 0 saturated carbocycles. The van der Waals surface area contributed by atoms with Crippen LogP contribution in [0.15, 0.2) is 29.4 Å². The second-order valence-corrected chi connectivity index (χ2v) is 3.52. The highest BCUT2D eigenvalue weighted by molar-refractivity contribution is 7.80. The van der Waals surface area contributed by atoms with Crippen molar-refractivity contribution in [2.45, 2.75) is 6.92 Å². The summed E-state index contributed by atoms with van der Waals surface area (Å²) in [6.45, 7) is 2.00. The van der Waals surface area contributed by atoms with Gasteiger partial charge < -0.3 is 15.6 Å². The lowest BCUT2D eigenvalue weighted by Gasteiger charge is -2.07. The Morgan fingerprint density at radius 3 is 2.88 bits per heavy atom. The van der Waals surface area contributed by atoms with Gasteiger partial charge in [0.25, 0.3) is 0 Å². The van der Waals surface area contributed by atoms with Crippen LogP contribution >= 0.6 is 12.2 Å². The maximum Gasteiger partial charge on any atom is 0.184 e. The molecule has 1 aromatic rings. The lowest BCUT2D eigenvalue weighted by atomic mass is 10.3. The molecule has 0 bridgehead atoms. The number of phenols is 1. The fourth-order valence-electron chi connectivity index (χ4n) is 0.944. The Balaban J connectivity index is 2.49. The first-order valence-corrected chi connectivity index (χ1v) is 5.00. The van der Waals surface area contributed by atoms with Crippen LogP contribution in [-0.2, 0) is 0 Å². The van der Waals surface area contributed by atoms with E-state index in [9.17, 15) is 5.11 Å². The third kappa shape index (κ3) is 4.14. The van der Waals surface area contributed by atoms with Gasteiger partial charge in [-0.15, -0.1) is 0 Å².